The van der Waals surface area contributed by atoms with Crippen LogP contribution in [0, 0.1) is 0 Å². The monoisotopic (exact) mass is 434 g/mol. The molecular weight excluding hydrogens is 409 g/mol. The Morgan fingerprint density at radius 1 is 1.19 bits per heavy atom. The quantitative estimate of drug-likeness (QED) is 0.622. The van der Waals surface area contributed by atoms with Crippen LogP contribution >= 0.6 is 0 Å². The lowest BCUT2D eigenvalue weighted by Gasteiger charge is -2.31. The van der Waals surface area contributed by atoms with E-state index in [-0.39, 0.29) is 11.1 Å². The van der Waals surface area contributed by atoms with E-state index in [0.717, 1.165) is 31.2 Å². The molecule has 0 saturated heterocycles. The van der Waals surface area contributed by atoms with Crippen molar-refractivity contribution in [3.05, 3.63) is 65.2 Å². The Morgan fingerprint density at radius 3 is 2.52 bits per heavy atom. The Balaban J connectivity index is 1.95. The number of aliphatic hydroxyl groups is 1. The molecule has 166 valence electrons. The predicted molar refractivity (Wildman–Crippen MR) is 111 cm³/mol. The second-order valence-corrected chi connectivity index (χ2v) is 7.54. The summed E-state index contributed by atoms with van der Waals surface area (Å²) in [5.74, 6) is -0.488. The summed E-state index contributed by atoms with van der Waals surface area (Å²) in [4.78, 5) is 13.1. The molecule has 1 heterocycles. The van der Waals surface area contributed by atoms with Gasteiger partial charge in [-0.25, -0.2) is 0 Å². The standard InChI is InChI=1S/C23H25F3N2O3/c1-3-4-5-7-16-10-12-18(13-11-16)22(30)15-20(23(24,25)26)27-28(22)21(29)17-8-6-9-19(14-17)31-2/h6,8-14,30H,3-5,7,15H2,1-2H3. The van der Waals surface area contributed by atoms with Crippen molar-refractivity contribution < 1.29 is 27.8 Å². The minimum Gasteiger partial charge on any atom is -0.497 e. The molecule has 1 amide bonds. The number of amides is 1. The van der Waals surface area contributed by atoms with E-state index in [0.29, 0.717) is 10.8 Å². The fraction of sp³-hybridized carbons (Fsp3) is 0.391. The van der Waals surface area contributed by atoms with Gasteiger partial charge in [-0.2, -0.15) is 23.3 Å². The maximum absolute atomic E-state index is 13.4. The molecule has 5 nitrogen and oxygen atoms in total. The molecule has 2 aromatic carbocycles. The molecule has 2 aromatic rings. The van der Waals surface area contributed by atoms with Crippen molar-refractivity contribution >= 4 is 11.6 Å². The zero-order valence-electron chi connectivity index (χ0n) is 17.4. The Labute approximate surface area is 179 Å². The van der Waals surface area contributed by atoms with E-state index in [9.17, 15) is 23.1 Å². The van der Waals surface area contributed by atoms with Gasteiger partial charge in [0.2, 0.25) is 0 Å². The Morgan fingerprint density at radius 2 is 1.90 bits per heavy atom. The molecule has 0 spiro atoms. The molecule has 0 aromatic heterocycles. The van der Waals surface area contributed by atoms with Gasteiger partial charge in [0.1, 0.15) is 11.5 Å². The van der Waals surface area contributed by atoms with Crippen LogP contribution in [0.15, 0.2) is 53.6 Å². The summed E-state index contributed by atoms with van der Waals surface area (Å²) in [7, 11) is 1.41. The van der Waals surface area contributed by atoms with Crippen LogP contribution in [0.5, 0.6) is 5.75 Å². The van der Waals surface area contributed by atoms with Gasteiger partial charge < -0.3 is 9.84 Å². The van der Waals surface area contributed by atoms with Gasteiger partial charge in [0.25, 0.3) is 5.91 Å². The van der Waals surface area contributed by atoms with Crippen molar-refractivity contribution in [3.63, 3.8) is 0 Å². The highest BCUT2D eigenvalue weighted by Gasteiger charge is 2.53. The van der Waals surface area contributed by atoms with E-state index in [1.807, 2.05) is 0 Å². The second kappa shape index (κ2) is 9.09. The van der Waals surface area contributed by atoms with Gasteiger partial charge in [-0.05, 0) is 36.6 Å². The molecule has 8 heteroatoms. The fourth-order valence-corrected chi connectivity index (χ4v) is 3.54. The number of alkyl halides is 3. The third-order valence-corrected chi connectivity index (χ3v) is 5.31. The van der Waals surface area contributed by atoms with Gasteiger partial charge in [-0.3, -0.25) is 4.79 Å². The number of unbranched alkanes of at least 4 members (excludes halogenated alkanes) is 2. The summed E-state index contributed by atoms with van der Waals surface area (Å²) < 4.78 is 45.3. The SMILES string of the molecule is CCCCCc1ccc(C2(O)CC(C(F)(F)F)=NN2C(=O)c2cccc(OC)c2)cc1. The largest absolute Gasteiger partial charge is 0.497 e. The van der Waals surface area contributed by atoms with Gasteiger partial charge in [-0.15, -0.1) is 0 Å². The Bertz CT molecular complexity index is 957. The minimum atomic E-state index is -4.77. The number of benzene rings is 2. The number of halogens is 3. The molecule has 0 aliphatic carbocycles. The fourth-order valence-electron chi connectivity index (χ4n) is 3.54. The normalized spacial score (nSPS) is 18.8. The molecule has 0 radical (unpaired) electrons. The number of rotatable bonds is 7. The van der Waals surface area contributed by atoms with Gasteiger partial charge in [0.15, 0.2) is 5.72 Å². The number of nitrogens with zero attached hydrogens (tertiary/aromatic N) is 2. The van der Waals surface area contributed by atoms with Crippen LogP contribution in [0.25, 0.3) is 0 Å². The van der Waals surface area contributed by atoms with Crippen molar-refractivity contribution in [1.82, 2.24) is 5.01 Å². The van der Waals surface area contributed by atoms with Crippen molar-refractivity contribution in [2.75, 3.05) is 7.11 Å². The number of hydrogen-bond acceptors (Lipinski definition) is 4. The molecule has 0 bridgehead atoms. The minimum absolute atomic E-state index is 0.0566. The van der Waals surface area contributed by atoms with Gasteiger partial charge in [0, 0.05) is 11.1 Å². The van der Waals surface area contributed by atoms with Crippen molar-refractivity contribution in [2.45, 2.75) is 50.9 Å². The number of methoxy groups -OCH3 is 1. The van der Waals surface area contributed by atoms with Crippen LogP contribution in [0.3, 0.4) is 0 Å². The third kappa shape index (κ3) is 4.90. The number of aryl methyl sites for hydroxylation is 1. The van der Waals surface area contributed by atoms with E-state index in [4.69, 9.17) is 4.74 Å². The smallest absolute Gasteiger partial charge is 0.431 e. The highest BCUT2D eigenvalue weighted by atomic mass is 19.4. The van der Waals surface area contributed by atoms with E-state index in [1.54, 1.807) is 36.4 Å². The molecule has 1 aliphatic rings. The number of carbonyl (C=O) groups excluding carboxylic acids is 1. The molecule has 1 aliphatic heterocycles. The number of ether oxygens (including phenoxy) is 1. The van der Waals surface area contributed by atoms with Crippen LogP contribution in [-0.4, -0.2) is 35.0 Å². The zero-order valence-corrected chi connectivity index (χ0v) is 17.4. The second-order valence-electron chi connectivity index (χ2n) is 7.54. The molecule has 3 rings (SSSR count). The average Bonchev–Trinajstić information content (AvgIpc) is 3.13. The predicted octanol–water partition coefficient (Wildman–Crippen LogP) is 5.04. The Hall–Kier alpha value is -2.87. The van der Waals surface area contributed by atoms with Crippen molar-refractivity contribution in [1.29, 1.82) is 0 Å². The van der Waals surface area contributed by atoms with Crippen LogP contribution in [0.1, 0.15) is 54.1 Å². The van der Waals surface area contributed by atoms with Crippen LogP contribution in [0.2, 0.25) is 0 Å². The average molecular weight is 434 g/mol. The summed E-state index contributed by atoms with van der Waals surface area (Å²) in [6.07, 6.45) is -1.61. The zero-order chi connectivity index (χ0) is 22.6. The first kappa shape index (κ1) is 22.8. The molecule has 0 fully saturated rings. The van der Waals surface area contributed by atoms with E-state index >= 15 is 0 Å². The maximum Gasteiger partial charge on any atom is 0.431 e. The first-order valence-electron chi connectivity index (χ1n) is 10.1. The maximum atomic E-state index is 13.4. The first-order chi connectivity index (χ1) is 14.7. The van der Waals surface area contributed by atoms with Gasteiger partial charge >= 0.3 is 6.18 Å². The lowest BCUT2D eigenvalue weighted by atomic mass is 9.94. The summed E-state index contributed by atoms with van der Waals surface area (Å²) in [6.45, 7) is 2.10. The molecule has 1 atom stereocenters. The molecular formula is C23H25F3N2O3. The van der Waals surface area contributed by atoms with Gasteiger partial charge in [0.05, 0.1) is 13.5 Å². The lowest BCUT2D eigenvalue weighted by molar-refractivity contribution is -0.0816. The van der Waals surface area contributed by atoms with E-state index in [1.165, 1.54) is 19.2 Å². The van der Waals surface area contributed by atoms with Crippen LogP contribution < -0.4 is 4.74 Å². The number of hydrogen-bond donors (Lipinski definition) is 1. The first-order valence-corrected chi connectivity index (χ1v) is 10.1. The lowest BCUT2D eigenvalue weighted by Crippen LogP contribution is -2.43. The summed E-state index contributed by atoms with van der Waals surface area (Å²) >= 11 is 0. The molecule has 31 heavy (non-hydrogen) atoms. The molecule has 1 unspecified atom stereocenters. The topological polar surface area (TPSA) is 62.1 Å². The summed E-state index contributed by atoms with van der Waals surface area (Å²) in [5, 5.41) is 15.3. The van der Waals surface area contributed by atoms with Crippen molar-refractivity contribution in [2.24, 2.45) is 5.10 Å². The summed E-state index contributed by atoms with van der Waals surface area (Å²) in [6, 6.07) is 12.6. The number of carbonyl (C=O) groups is 1. The third-order valence-electron chi connectivity index (χ3n) is 5.31. The van der Waals surface area contributed by atoms with Gasteiger partial charge in [-0.1, -0.05) is 50.1 Å². The van der Waals surface area contributed by atoms with Crippen LogP contribution in [0.4, 0.5) is 13.2 Å². The summed E-state index contributed by atoms with van der Waals surface area (Å²) in [5.41, 5.74) is -2.21. The Kier molecular flexibility index (Phi) is 6.69. The van der Waals surface area contributed by atoms with Crippen LogP contribution in [-0.2, 0) is 12.1 Å². The highest BCUT2D eigenvalue weighted by Crippen LogP contribution is 2.40. The van der Waals surface area contributed by atoms with E-state index < -0.39 is 29.9 Å². The number of hydrazone groups is 1. The van der Waals surface area contributed by atoms with E-state index in [2.05, 4.69) is 12.0 Å². The van der Waals surface area contributed by atoms with Crippen molar-refractivity contribution in [3.8, 4) is 5.75 Å². The highest BCUT2D eigenvalue weighted by molar-refractivity contribution is 6.00. The molecule has 1 N–H and O–H groups in total. The molecule has 0 saturated carbocycles.